The molecule has 0 spiro atoms. The number of carbonyl (C=O) groups excluding carboxylic acids is 1. The molecule has 41 heavy (non-hydrogen) atoms. The molecule has 2 aromatic carbocycles. The zero-order chi connectivity index (χ0) is 29.8. The van der Waals surface area contributed by atoms with Gasteiger partial charge in [-0.2, -0.15) is 36.0 Å². The summed E-state index contributed by atoms with van der Waals surface area (Å²) in [6.07, 6.45) is -4.69. The fourth-order valence-electron chi connectivity index (χ4n) is 4.69. The molecule has 0 bridgehead atoms. The largest absolute Gasteiger partial charge is 0.391 e. The summed E-state index contributed by atoms with van der Waals surface area (Å²) in [6.45, 7) is 0.661. The Bertz CT molecular complexity index is 1440. The Morgan fingerprint density at radius 1 is 1.05 bits per heavy atom. The standard InChI is InChI=1S/C26H29ClF3N7O3S/c1-17(38)32-24(31)33-25(35-41(39,40)36-14-11-20(12-15-36)26(28,29)30)37-16-13-22(18-5-3-2-4-6-18)23(34-37)19-7-9-21(27)10-8-19/h2-10,20,22H,11-16H2,1H3,(H3,31,32,33,35,38)/t22-/m0/s1. The summed E-state index contributed by atoms with van der Waals surface area (Å²) >= 11 is 6.09. The number of alkyl halides is 3. The van der Waals surface area contributed by atoms with Crippen LogP contribution in [-0.4, -0.2) is 67.1 Å². The number of rotatable bonds is 4. The molecule has 2 aliphatic heterocycles. The third kappa shape index (κ3) is 7.83. The van der Waals surface area contributed by atoms with Crippen LogP contribution in [0.2, 0.25) is 5.02 Å². The summed E-state index contributed by atoms with van der Waals surface area (Å²) in [5, 5.41) is 8.77. The number of halogens is 4. The Hall–Kier alpha value is -3.49. The van der Waals surface area contributed by atoms with Crippen LogP contribution < -0.4 is 11.1 Å². The molecule has 10 nitrogen and oxygen atoms in total. The van der Waals surface area contributed by atoms with E-state index in [1.807, 2.05) is 30.3 Å². The lowest BCUT2D eigenvalue weighted by Gasteiger charge is -2.32. The quantitative estimate of drug-likeness (QED) is 0.400. The van der Waals surface area contributed by atoms with Gasteiger partial charge in [0.1, 0.15) is 0 Å². The van der Waals surface area contributed by atoms with E-state index >= 15 is 0 Å². The number of carbonyl (C=O) groups is 1. The molecule has 1 fully saturated rings. The number of hydrazone groups is 1. The van der Waals surface area contributed by atoms with Crippen LogP contribution in [0.1, 0.15) is 43.2 Å². The summed E-state index contributed by atoms with van der Waals surface area (Å²) < 4.78 is 70.6. The predicted molar refractivity (Wildman–Crippen MR) is 151 cm³/mol. The highest BCUT2D eigenvalue weighted by Crippen LogP contribution is 2.35. The van der Waals surface area contributed by atoms with Gasteiger partial charge in [-0.1, -0.05) is 54.1 Å². The van der Waals surface area contributed by atoms with Crippen molar-refractivity contribution in [3.8, 4) is 0 Å². The van der Waals surface area contributed by atoms with Gasteiger partial charge in [-0.05, 0) is 42.5 Å². The van der Waals surface area contributed by atoms with Gasteiger partial charge in [0.15, 0.2) is 0 Å². The van der Waals surface area contributed by atoms with Gasteiger partial charge in [-0.25, -0.2) is 5.01 Å². The van der Waals surface area contributed by atoms with Crippen LogP contribution in [0.5, 0.6) is 0 Å². The van der Waals surface area contributed by atoms with Gasteiger partial charge in [0.2, 0.25) is 11.9 Å². The minimum atomic E-state index is -4.48. The molecule has 0 aliphatic carbocycles. The monoisotopic (exact) mass is 611 g/mol. The Morgan fingerprint density at radius 2 is 1.68 bits per heavy atom. The number of benzene rings is 2. The number of aliphatic imine (C=N–C) groups is 1. The van der Waals surface area contributed by atoms with Gasteiger partial charge in [-0.3, -0.25) is 10.1 Å². The SMILES string of the molecule is CC(=O)N/C(N)=N/C(=N/S(=O)(=O)N1CCC(C(F)(F)F)CC1)N1CC[C@@H](c2ccccc2)C(c2ccc(Cl)cc2)=N1. The van der Waals surface area contributed by atoms with Crippen LogP contribution in [0.25, 0.3) is 0 Å². The van der Waals surface area contributed by atoms with E-state index in [9.17, 15) is 26.4 Å². The molecule has 2 aromatic rings. The van der Waals surface area contributed by atoms with E-state index in [1.54, 1.807) is 24.3 Å². The number of guanidine groups is 2. The smallest absolute Gasteiger partial charge is 0.369 e. The molecule has 1 atom stereocenters. The molecule has 2 aliphatic rings. The van der Waals surface area contributed by atoms with Crippen molar-refractivity contribution in [2.75, 3.05) is 19.6 Å². The van der Waals surface area contributed by atoms with E-state index in [4.69, 9.17) is 22.4 Å². The fourth-order valence-corrected chi connectivity index (χ4v) is 5.94. The minimum Gasteiger partial charge on any atom is -0.369 e. The number of amides is 1. The maximum atomic E-state index is 13.2. The topological polar surface area (TPSA) is 133 Å². The lowest BCUT2D eigenvalue weighted by Crippen LogP contribution is -2.43. The van der Waals surface area contributed by atoms with Crippen molar-refractivity contribution in [2.45, 2.75) is 38.3 Å². The average Bonchev–Trinajstić information content (AvgIpc) is 2.92. The second-order valence-electron chi connectivity index (χ2n) is 9.63. The second kappa shape index (κ2) is 12.6. The summed E-state index contributed by atoms with van der Waals surface area (Å²) in [6, 6.07) is 16.6. The first kappa shape index (κ1) is 30.5. The summed E-state index contributed by atoms with van der Waals surface area (Å²) in [4.78, 5) is 15.6. The van der Waals surface area contributed by atoms with Crippen LogP contribution in [0.15, 0.2) is 69.1 Å². The molecular formula is C26H29ClF3N7O3S. The zero-order valence-electron chi connectivity index (χ0n) is 22.1. The summed E-state index contributed by atoms with van der Waals surface area (Å²) in [5.74, 6) is -3.16. The Labute approximate surface area is 241 Å². The maximum Gasteiger partial charge on any atom is 0.391 e. The third-order valence-corrected chi connectivity index (χ3v) is 8.39. The van der Waals surface area contributed by atoms with E-state index in [1.165, 1.54) is 11.9 Å². The highest BCUT2D eigenvalue weighted by atomic mass is 35.5. The van der Waals surface area contributed by atoms with Crippen molar-refractivity contribution in [3.05, 3.63) is 70.7 Å². The van der Waals surface area contributed by atoms with E-state index in [0.717, 1.165) is 15.4 Å². The molecule has 2 heterocycles. The molecular weight excluding hydrogens is 583 g/mol. The number of nitrogens with one attached hydrogen (secondary N) is 1. The van der Waals surface area contributed by atoms with Crippen LogP contribution >= 0.6 is 11.6 Å². The molecule has 15 heteroatoms. The molecule has 1 amide bonds. The second-order valence-corrected chi connectivity index (χ2v) is 11.7. The first-order valence-corrected chi connectivity index (χ1v) is 14.6. The predicted octanol–water partition coefficient (Wildman–Crippen LogP) is 3.86. The van der Waals surface area contributed by atoms with Crippen molar-refractivity contribution >= 4 is 45.3 Å². The number of nitrogens with zero attached hydrogens (tertiary/aromatic N) is 5. The summed E-state index contributed by atoms with van der Waals surface area (Å²) in [5.41, 5.74) is 8.14. The van der Waals surface area contributed by atoms with Gasteiger partial charge < -0.3 is 5.73 Å². The lowest BCUT2D eigenvalue weighted by atomic mass is 9.86. The normalized spacial score (nSPS) is 20.1. The van der Waals surface area contributed by atoms with Gasteiger partial charge in [-0.15, -0.1) is 4.40 Å². The van der Waals surface area contributed by atoms with Gasteiger partial charge in [0.25, 0.3) is 5.96 Å². The molecule has 0 unspecified atom stereocenters. The molecule has 0 aromatic heterocycles. The Balaban J connectivity index is 1.74. The van der Waals surface area contributed by atoms with E-state index in [-0.39, 0.29) is 38.4 Å². The van der Waals surface area contributed by atoms with Gasteiger partial charge in [0, 0.05) is 37.5 Å². The molecule has 3 N–H and O–H groups in total. The molecule has 220 valence electrons. The Kier molecular flexibility index (Phi) is 9.34. The van der Waals surface area contributed by atoms with Crippen LogP contribution in [-0.2, 0) is 15.0 Å². The summed E-state index contributed by atoms with van der Waals surface area (Å²) in [7, 11) is -4.48. The number of hydrogen-bond acceptors (Lipinski definition) is 4. The maximum absolute atomic E-state index is 13.2. The number of piperidine rings is 1. The third-order valence-electron chi connectivity index (χ3n) is 6.73. The van der Waals surface area contributed by atoms with Crippen molar-refractivity contribution in [2.24, 2.45) is 26.1 Å². The molecule has 0 radical (unpaired) electrons. The van der Waals surface area contributed by atoms with Gasteiger partial charge in [0.05, 0.1) is 11.6 Å². The molecule has 1 saturated heterocycles. The highest BCUT2D eigenvalue weighted by Gasteiger charge is 2.43. The first-order chi connectivity index (χ1) is 19.3. The molecule has 4 rings (SSSR count). The van der Waals surface area contributed by atoms with Crippen molar-refractivity contribution < 1.29 is 26.4 Å². The van der Waals surface area contributed by atoms with Crippen molar-refractivity contribution in [1.82, 2.24) is 14.6 Å². The van der Waals surface area contributed by atoms with E-state index < -0.39 is 40.1 Å². The molecule has 0 saturated carbocycles. The average molecular weight is 612 g/mol. The Morgan fingerprint density at radius 3 is 2.27 bits per heavy atom. The first-order valence-electron chi connectivity index (χ1n) is 12.8. The highest BCUT2D eigenvalue weighted by molar-refractivity contribution is 7.87. The lowest BCUT2D eigenvalue weighted by molar-refractivity contribution is -0.182. The zero-order valence-corrected chi connectivity index (χ0v) is 23.6. The van der Waals surface area contributed by atoms with Crippen molar-refractivity contribution in [3.63, 3.8) is 0 Å². The fraction of sp³-hybridized carbons (Fsp3) is 0.385. The van der Waals surface area contributed by atoms with Crippen LogP contribution in [0.3, 0.4) is 0 Å². The van der Waals surface area contributed by atoms with Crippen molar-refractivity contribution in [1.29, 1.82) is 0 Å². The number of nitrogens with two attached hydrogens (primary N) is 1. The van der Waals surface area contributed by atoms with Crippen LogP contribution in [0, 0.1) is 5.92 Å². The number of hydrogen-bond donors (Lipinski definition) is 2. The van der Waals surface area contributed by atoms with Crippen LogP contribution in [0.4, 0.5) is 13.2 Å². The van der Waals surface area contributed by atoms with E-state index in [2.05, 4.69) is 14.7 Å². The van der Waals surface area contributed by atoms with Gasteiger partial charge >= 0.3 is 16.4 Å². The minimum absolute atomic E-state index is 0.162. The van der Waals surface area contributed by atoms with E-state index in [0.29, 0.717) is 17.2 Å².